The third kappa shape index (κ3) is 5.53. The zero-order valence-electron chi connectivity index (χ0n) is 18.5. The molecule has 6 nitrogen and oxygen atoms in total. The van der Waals surface area contributed by atoms with E-state index in [2.05, 4.69) is 10.6 Å². The van der Waals surface area contributed by atoms with E-state index in [1.54, 1.807) is 24.3 Å². The van der Waals surface area contributed by atoms with Gasteiger partial charge in [0.1, 0.15) is 10.7 Å². The van der Waals surface area contributed by atoms with Crippen molar-refractivity contribution < 1.29 is 14.4 Å². The molecule has 0 saturated heterocycles. The highest BCUT2D eigenvalue weighted by Gasteiger charge is 2.37. The number of amides is 3. The van der Waals surface area contributed by atoms with Crippen molar-refractivity contribution in [1.82, 2.24) is 15.5 Å². The molecule has 0 bridgehead atoms. The number of nitrogens with one attached hydrogen (secondary N) is 2. The van der Waals surface area contributed by atoms with Gasteiger partial charge in [0.05, 0.1) is 6.54 Å². The maximum absolute atomic E-state index is 12.7. The molecule has 0 spiro atoms. The fourth-order valence-electron chi connectivity index (χ4n) is 3.64. The zero-order chi connectivity index (χ0) is 23.9. The van der Waals surface area contributed by atoms with Crippen LogP contribution in [0, 0.1) is 0 Å². The van der Waals surface area contributed by atoms with Gasteiger partial charge in [0.15, 0.2) is 0 Å². The third-order valence-corrected chi connectivity index (χ3v) is 5.87. The largest absolute Gasteiger partial charge is 0.375 e. The number of nitrogens with zero attached hydrogens (tertiary/aromatic N) is 1. The SMILES string of the molecule is O=C(NCCc1ccccc1)c1ccc(CNC2=C(Cl)C(=O)N(Cc3ccccc3)C2=O)cc1. The summed E-state index contributed by atoms with van der Waals surface area (Å²) in [6.45, 7) is 1.00. The van der Waals surface area contributed by atoms with Crippen LogP contribution >= 0.6 is 11.6 Å². The average molecular weight is 474 g/mol. The Morgan fingerprint density at radius 1 is 0.765 bits per heavy atom. The Kier molecular flexibility index (Phi) is 7.40. The molecule has 1 heterocycles. The lowest BCUT2D eigenvalue weighted by atomic mass is 10.1. The maximum Gasteiger partial charge on any atom is 0.278 e. The maximum atomic E-state index is 12.7. The van der Waals surface area contributed by atoms with Crippen LogP contribution in [0.2, 0.25) is 0 Å². The summed E-state index contributed by atoms with van der Waals surface area (Å²) in [6.07, 6.45) is 0.762. The number of imide groups is 1. The van der Waals surface area contributed by atoms with Crippen molar-refractivity contribution in [3.8, 4) is 0 Å². The smallest absolute Gasteiger partial charge is 0.278 e. The number of rotatable bonds is 9. The van der Waals surface area contributed by atoms with E-state index in [0.29, 0.717) is 18.7 Å². The molecule has 3 aromatic rings. The van der Waals surface area contributed by atoms with E-state index in [9.17, 15) is 14.4 Å². The minimum Gasteiger partial charge on any atom is -0.375 e. The van der Waals surface area contributed by atoms with Gasteiger partial charge in [-0.3, -0.25) is 19.3 Å². The van der Waals surface area contributed by atoms with Gasteiger partial charge in [-0.05, 0) is 35.2 Å². The Morgan fingerprint density at radius 3 is 2.03 bits per heavy atom. The van der Waals surface area contributed by atoms with E-state index < -0.39 is 11.8 Å². The van der Waals surface area contributed by atoms with Gasteiger partial charge in [-0.2, -0.15) is 0 Å². The molecule has 0 saturated carbocycles. The lowest BCUT2D eigenvalue weighted by Gasteiger charge is -2.15. The molecule has 4 rings (SSSR count). The Balaban J connectivity index is 1.30. The second-order valence-electron chi connectivity index (χ2n) is 7.91. The van der Waals surface area contributed by atoms with Crippen LogP contribution in [-0.2, 0) is 29.1 Å². The number of hydrogen-bond acceptors (Lipinski definition) is 4. The summed E-state index contributed by atoms with van der Waals surface area (Å²) in [4.78, 5) is 38.7. The number of hydrogen-bond donors (Lipinski definition) is 2. The molecule has 0 atom stereocenters. The fraction of sp³-hybridized carbons (Fsp3) is 0.148. The minimum absolute atomic E-state index is 0.0883. The lowest BCUT2D eigenvalue weighted by molar-refractivity contribution is -0.138. The monoisotopic (exact) mass is 473 g/mol. The quantitative estimate of drug-likeness (QED) is 0.464. The molecule has 0 aromatic heterocycles. The molecule has 1 aliphatic heterocycles. The highest BCUT2D eigenvalue weighted by molar-refractivity contribution is 6.47. The summed E-state index contributed by atoms with van der Waals surface area (Å²) >= 11 is 6.16. The standard InChI is InChI=1S/C27H24ClN3O3/c28-23-24(27(34)31(26(23)33)18-21-9-5-2-6-10-21)30-17-20-11-13-22(14-12-20)25(32)29-16-15-19-7-3-1-4-8-19/h1-14,30H,15-18H2,(H,29,32). The summed E-state index contributed by atoms with van der Waals surface area (Å²) in [6, 6.07) is 26.3. The molecule has 3 aromatic carbocycles. The summed E-state index contributed by atoms with van der Waals surface area (Å²) in [7, 11) is 0. The number of benzene rings is 3. The number of halogens is 1. The summed E-state index contributed by atoms with van der Waals surface area (Å²) in [5.41, 5.74) is 3.49. The first-order valence-electron chi connectivity index (χ1n) is 11.0. The van der Waals surface area contributed by atoms with Crippen LogP contribution in [0.25, 0.3) is 0 Å². The van der Waals surface area contributed by atoms with Gasteiger partial charge in [-0.25, -0.2) is 0 Å². The van der Waals surface area contributed by atoms with Gasteiger partial charge in [-0.1, -0.05) is 84.4 Å². The van der Waals surface area contributed by atoms with Gasteiger partial charge in [0.25, 0.3) is 17.7 Å². The average Bonchev–Trinajstić information content (AvgIpc) is 3.07. The molecule has 0 aliphatic carbocycles. The van der Waals surface area contributed by atoms with Crippen LogP contribution in [0.5, 0.6) is 0 Å². The van der Waals surface area contributed by atoms with Gasteiger partial charge in [-0.15, -0.1) is 0 Å². The molecule has 7 heteroatoms. The van der Waals surface area contributed by atoms with Crippen molar-refractivity contribution in [2.45, 2.75) is 19.5 Å². The molecule has 0 radical (unpaired) electrons. The number of carbonyl (C=O) groups excluding carboxylic acids is 3. The highest BCUT2D eigenvalue weighted by atomic mass is 35.5. The predicted molar refractivity (Wildman–Crippen MR) is 131 cm³/mol. The second-order valence-corrected chi connectivity index (χ2v) is 8.29. The van der Waals surface area contributed by atoms with E-state index >= 15 is 0 Å². The van der Waals surface area contributed by atoms with Gasteiger partial charge in [0.2, 0.25) is 0 Å². The normalized spacial score (nSPS) is 13.4. The second kappa shape index (κ2) is 10.8. The fourth-order valence-corrected chi connectivity index (χ4v) is 3.89. The van der Waals surface area contributed by atoms with Crippen LogP contribution in [-0.4, -0.2) is 29.2 Å². The Bertz CT molecular complexity index is 1210. The van der Waals surface area contributed by atoms with Crippen molar-refractivity contribution in [2.75, 3.05) is 6.54 Å². The Hall–Kier alpha value is -3.90. The van der Waals surface area contributed by atoms with Crippen LogP contribution < -0.4 is 10.6 Å². The van der Waals surface area contributed by atoms with Crippen molar-refractivity contribution >= 4 is 29.3 Å². The molecular formula is C27H24ClN3O3. The summed E-state index contributed by atoms with van der Waals surface area (Å²) in [5.74, 6) is -1.11. The van der Waals surface area contributed by atoms with Crippen LogP contribution in [0.15, 0.2) is 95.7 Å². The topological polar surface area (TPSA) is 78.5 Å². The first kappa shape index (κ1) is 23.3. The molecule has 0 unspecified atom stereocenters. The van der Waals surface area contributed by atoms with Gasteiger partial charge < -0.3 is 10.6 Å². The molecule has 0 fully saturated rings. The summed E-state index contributed by atoms with van der Waals surface area (Å²) < 4.78 is 0. The van der Waals surface area contributed by atoms with Crippen molar-refractivity contribution in [1.29, 1.82) is 0 Å². The van der Waals surface area contributed by atoms with E-state index in [0.717, 1.165) is 22.4 Å². The highest BCUT2D eigenvalue weighted by Crippen LogP contribution is 2.24. The minimum atomic E-state index is -0.513. The zero-order valence-corrected chi connectivity index (χ0v) is 19.2. The molecule has 2 N–H and O–H groups in total. The van der Waals surface area contributed by atoms with Crippen molar-refractivity contribution in [3.05, 3.63) is 118 Å². The molecule has 34 heavy (non-hydrogen) atoms. The third-order valence-electron chi connectivity index (χ3n) is 5.52. The van der Waals surface area contributed by atoms with Crippen LogP contribution in [0.4, 0.5) is 0 Å². The lowest BCUT2D eigenvalue weighted by Crippen LogP contribution is -2.33. The van der Waals surface area contributed by atoms with E-state index in [1.807, 2.05) is 60.7 Å². The summed E-state index contributed by atoms with van der Waals surface area (Å²) in [5, 5.41) is 5.78. The van der Waals surface area contributed by atoms with Gasteiger partial charge in [0, 0.05) is 18.7 Å². The van der Waals surface area contributed by atoms with Crippen LogP contribution in [0.3, 0.4) is 0 Å². The molecule has 3 amide bonds. The van der Waals surface area contributed by atoms with E-state index in [4.69, 9.17) is 11.6 Å². The van der Waals surface area contributed by atoms with Crippen LogP contribution in [0.1, 0.15) is 27.0 Å². The Morgan fingerprint density at radius 2 is 1.38 bits per heavy atom. The first-order valence-corrected chi connectivity index (χ1v) is 11.4. The number of carbonyl (C=O) groups is 3. The Labute approximate surface area is 203 Å². The molecule has 1 aliphatic rings. The predicted octanol–water partition coefficient (Wildman–Crippen LogP) is 3.77. The molecular weight excluding hydrogens is 450 g/mol. The van der Waals surface area contributed by atoms with Crippen molar-refractivity contribution in [3.63, 3.8) is 0 Å². The van der Waals surface area contributed by atoms with Gasteiger partial charge >= 0.3 is 0 Å². The molecule has 172 valence electrons. The van der Waals surface area contributed by atoms with Crippen molar-refractivity contribution in [2.24, 2.45) is 0 Å². The van der Waals surface area contributed by atoms with E-state index in [-0.39, 0.29) is 23.2 Å². The van der Waals surface area contributed by atoms with E-state index in [1.165, 1.54) is 5.56 Å². The first-order chi connectivity index (χ1) is 16.5.